The van der Waals surface area contributed by atoms with Gasteiger partial charge in [-0.1, -0.05) is 30.3 Å². The Kier molecular flexibility index (Phi) is 1.41. The van der Waals surface area contributed by atoms with E-state index in [9.17, 15) is 0 Å². The quantitative estimate of drug-likeness (QED) is 0.623. The zero-order chi connectivity index (χ0) is 9.26. The Balaban J connectivity index is 2.59. The maximum absolute atomic E-state index is 7.60. The summed E-state index contributed by atoms with van der Waals surface area (Å²) in [7, 11) is 1.90. The average Bonchev–Trinajstić information content (AvgIpc) is 2.48. The highest BCUT2D eigenvalue weighted by atomic mass is 15.0. The van der Waals surface area contributed by atoms with E-state index in [0.717, 1.165) is 11.3 Å². The van der Waals surface area contributed by atoms with Gasteiger partial charge < -0.3 is 4.57 Å². The Labute approximate surface area is 72.9 Å². The summed E-state index contributed by atoms with van der Waals surface area (Å²) in [6.45, 7) is 0. The molecule has 0 radical (unpaired) electrons. The number of aromatic nitrogens is 2. The van der Waals surface area contributed by atoms with Crippen LogP contribution < -0.4 is 0 Å². The summed E-state index contributed by atoms with van der Waals surface area (Å²) in [5, 5.41) is 0. The van der Waals surface area contributed by atoms with Crippen molar-refractivity contribution >= 4 is 0 Å². The number of imidazole rings is 1. The molecule has 0 saturated heterocycles. The van der Waals surface area contributed by atoms with Gasteiger partial charge in [-0.25, -0.2) is 4.98 Å². The lowest BCUT2D eigenvalue weighted by Crippen LogP contribution is -1.87. The standard InChI is InChI=1S/C10H10N2/c1-12-8-11-7-10(12)9-5-3-2-4-6-9/h2-8H,1H3/i7D. The van der Waals surface area contributed by atoms with Gasteiger partial charge in [0, 0.05) is 7.05 Å². The molecule has 12 heavy (non-hydrogen) atoms. The van der Waals surface area contributed by atoms with Gasteiger partial charge in [0.15, 0.2) is 0 Å². The first-order valence-electron chi connectivity index (χ1n) is 4.32. The number of hydrogen-bond donors (Lipinski definition) is 0. The van der Waals surface area contributed by atoms with Crippen molar-refractivity contribution in [2.24, 2.45) is 7.05 Å². The summed E-state index contributed by atoms with van der Waals surface area (Å²) in [6, 6.07) is 9.84. The zero-order valence-electron chi connectivity index (χ0n) is 7.86. The fourth-order valence-electron chi connectivity index (χ4n) is 1.18. The third-order valence-electron chi connectivity index (χ3n) is 1.80. The van der Waals surface area contributed by atoms with Gasteiger partial charge in [-0.05, 0) is 5.56 Å². The van der Waals surface area contributed by atoms with E-state index in [4.69, 9.17) is 1.37 Å². The van der Waals surface area contributed by atoms with Crippen molar-refractivity contribution < 1.29 is 1.37 Å². The highest BCUT2D eigenvalue weighted by Crippen LogP contribution is 2.16. The second-order valence-electron chi connectivity index (χ2n) is 2.68. The van der Waals surface area contributed by atoms with Crippen molar-refractivity contribution in [3.8, 4) is 11.3 Å². The molecule has 0 aliphatic heterocycles. The summed E-state index contributed by atoms with van der Waals surface area (Å²) >= 11 is 0. The second-order valence-corrected chi connectivity index (χ2v) is 2.68. The Morgan fingerprint density at radius 1 is 1.33 bits per heavy atom. The van der Waals surface area contributed by atoms with Crippen LogP contribution >= 0.6 is 0 Å². The van der Waals surface area contributed by atoms with Crippen molar-refractivity contribution in [1.82, 2.24) is 9.55 Å². The lowest BCUT2D eigenvalue weighted by Gasteiger charge is -2.00. The number of hydrogen-bond acceptors (Lipinski definition) is 1. The van der Waals surface area contributed by atoms with Gasteiger partial charge in [0.25, 0.3) is 0 Å². The molecular weight excluding hydrogens is 148 g/mol. The van der Waals surface area contributed by atoms with Crippen LogP contribution in [-0.2, 0) is 7.05 Å². The zero-order valence-corrected chi connectivity index (χ0v) is 6.86. The molecule has 1 aromatic carbocycles. The molecule has 2 aromatic rings. The molecular formula is C10H10N2. The molecule has 0 aliphatic carbocycles. The lowest BCUT2D eigenvalue weighted by atomic mass is 10.2. The summed E-state index contributed by atoms with van der Waals surface area (Å²) in [4.78, 5) is 3.92. The smallest absolute Gasteiger partial charge is 0.0948 e. The van der Waals surface area contributed by atoms with Crippen LogP contribution in [0.5, 0.6) is 0 Å². The van der Waals surface area contributed by atoms with Crippen LogP contribution in [0.4, 0.5) is 0 Å². The summed E-state index contributed by atoms with van der Waals surface area (Å²) in [5.41, 5.74) is 1.90. The van der Waals surface area contributed by atoms with Crippen molar-refractivity contribution in [1.29, 1.82) is 0 Å². The molecule has 0 fully saturated rings. The van der Waals surface area contributed by atoms with Crippen LogP contribution in [0.3, 0.4) is 0 Å². The highest BCUT2D eigenvalue weighted by Gasteiger charge is 1.98. The van der Waals surface area contributed by atoms with E-state index in [2.05, 4.69) is 4.98 Å². The minimum atomic E-state index is 0.328. The molecule has 2 heteroatoms. The first-order valence-corrected chi connectivity index (χ1v) is 3.82. The predicted octanol–water partition coefficient (Wildman–Crippen LogP) is 2.09. The molecule has 0 N–H and O–H groups in total. The lowest BCUT2D eigenvalue weighted by molar-refractivity contribution is 0.921. The molecule has 0 aliphatic rings. The van der Waals surface area contributed by atoms with Gasteiger partial charge in [0.2, 0.25) is 0 Å². The normalized spacial score (nSPS) is 11.2. The molecule has 2 rings (SSSR count). The van der Waals surface area contributed by atoms with Crippen LogP contribution in [0.2, 0.25) is 0 Å². The Morgan fingerprint density at radius 3 is 2.67 bits per heavy atom. The summed E-state index contributed by atoms with van der Waals surface area (Å²) in [5.74, 6) is 0. The van der Waals surface area contributed by atoms with Crippen LogP contribution in [0.25, 0.3) is 11.3 Å². The van der Waals surface area contributed by atoms with Crippen LogP contribution in [0.15, 0.2) is 42.8 Å². The van der Waals surface area contributed by atoms with E-state index in [1.165, 1.54) is 0 Å². The predicted molar refractivity (Wildman–Crippen MR) is 48.6 cm³/mol. The van der Waals surface area contributed by atoms with Crippen LogP contribution in [0.1, 0.15) is 1.37 Å². The maximum Gasteiger partial charge on any atom is 0.0948 e. The van der Waals surface area contributed by atoms with Gasteiger partial charge in [0.05, 0.1) is 19.6 Å². The monoisotopic (exact) mass is 159 g/mol. The molecule has 0 amide bonds. The minimum Gasteiger partial charge on any atom is -0.334 e. The Hall–Kier alpha value is -1.57. The van der Waals surface area contributed by atoms with Gasteiger partial charge >= 0.3 is 0 Å². The van der Waals surface area contributed by atoms with E-state index in [-0.39, 0.29) is 0 Å². The molecule has 0 saturated carbocycles. The van der Waals surface area contributed by atoms with E-state index in [1.807, 2.05) is 41.9 Å². The van der Waals surface area contributed by atoms with E-state index < -0.39 is 0 Å². The first kappa shape index (κ1) is 6.00. The number of rotatable bonds is 1. The first-order chi connectivity index (χ1) is 6.29. The van der Waals surface area contributed by atoms with Crippen molar-refractivity contribution in [2.45, 2.75) is 0 Å². The molecule has 60 valence electrons. The summed E-state index contributed by atoms with van der Waals surface area (Å²) in [6.07, 6.45) is 1.98. The Morgan fingerprint density at radius 2 is 2.08 bits per heavy atom. The third kappa shape index (κ3) is 1.11. The topological polar surface area (TPSA) is 17.8 Å². The average molecular weight is 159 g/mol. The van der Waals surface area contributed by atoms with Crippen molar-refractivity contribution in [3.63, 3.8) is 0 Å². The fourth-order valence-corrected chi connectivity index (χ4v) is 1.18. The molecule has 1 aromatic heterocycles. The molecule has 0 spiro atoms. The molecule has 1 heterocycles. The fraction of sp³-hybridized carbons (Fsp3) is 0.100. The highest BCUT2D eigenvalue weighted by molar-refractivity contribution is 5.58. The Bertz CT molecular complexity index is 387. The second kappa shape index (κ2) is 2.81. The number of benzene rings is 1. The van der Waals surface area contributed by atoms with E-state index >= 15 is 0 Å². The largest absolute Gasteiger partial charge is 0.334 e. The van der Waals surface area contributed by atoms with Gasteiger partial charge in [-0.15, -0.1) is 0 Å². The SMILES string of the molecule is [2H]c1ncn(C)c1-c1ccccc1. The van der Waals surface area contributed by atoms with Gasteiger partial charge in [0.1, 0.15) is 0 Å². The van der Waals surface area contributed by atoms with E-state index in [1.54, 1.807) is 6.33 Å². The van der Waals surface area contributed by atoms with Crippen molar-refractivity contribution in [2.75, 3.05) is 0 Å². The van der Waals surface area contributed by atoms with E-state index in [0.29, 0.717) is 6.17 Å². The molecule has 0 unspecified atom stereocenters. The number of nitrogens with zero attached hydrogens (tertiary/aromatic N) is 2. The molecule has 2 nitrogen and oxygen atoms in total. The van der Waals surface area contributed by atoms with Crippen LogP contribution in [-0.4, -0.2) is 9.55 Å². The van der Waals surface area contributed by atoms with Crippen LogP contribution in [0, 0.1) is 0 Å². The molecule has 0 bridgehead atoms. The number of aryl methyl sites for hydroxylation is 1. The minimum absolute atomic E-state index is 0.328. The van der Waals surface area contributed by atoms with Gasteiger partial charge in [-0.2, -0.15) is 0 Å². The third-order valence-corrected chi connectivity index (χ3v) is 1.80. The molecule has 0 atom stereocenters. The summed E-state index contributed by atoms with van der Waals surface area (Å²) < 4.78 is 9.46. The maximum atomic E-state index is 7.60. The van der Waals surface area contributed by atoms with Crippen molar-refractivity contribution in [3.05, 3.63) is 42.8 Å². The van der Waals surface area contributed by atoms with Gasteiger partial charge in [-0.3, -0.25) is 0 Å².